The van der Waals surface area contributed by atoms with Gasteiger partial charge in [-0.15, -0.1) is 0 Å². The molecule has 2 aromatic carbocycles. The second-order valence-electron chi connectivity index (χ2n) is 6.70. The van der Waals surface area contributed by atoms with Gasteiger partial charge in [-0.2, -0.15) is 0 Å². The minimum absolute atomic E-state index is 0.219. The van der Waals surface area contributed by atoms with E-state index in [1.165, 1.54) is 12.1 Å². The Kier molecular flexibility index (Phi) is 5.70. The molecule has 0 aliphatic carbocycles. The molecule has 30 heavy (non-hydrogen) atoms. The Morgan fingerprint density at radius 1 is 1.10 bits per heavy atom. The Bertz CT molecular complexity index is 1170. The van der Waals surface area contributed by atoms with E-state index in [0.29, 0.717) is 35.9 Å². The third kappa shape index (κ3) is 4.15. The highest BCUT2D eigenvalue weighted by Crippen LogP contribution is 2.19. The number of imidazole rings is 1. The van der Waals surface area contributed by atoms with E-state index in [1.807, 2.05) is 29.7 Å². The van der Waals surface area contributed by atoms with Crippen LogP contribution in [0.2, 0.25) is 0 Å². The van der Waals surface area contributed by atoms with Gasteiger partial charge in [-0.25, -0.2) is 14.4 Å². The predicted molar refractivity (Wildman–Crippen MR) is 112 cm³/mol. The summed E-state index contributed by atoms with van der Waals surface area (Å²) >= 11 is 0. The second kappa shape index (κ2) is 8.73. The third-order valence-electron chi connectivity index (χ3n) is 4.68. The Labute approximate surface area is 173 Å². The number of rotatable bonds is 7. The number of benzene rings is 2. The first-order valence-electron chi connectivity index (χ1n) is 9.70. The largest absolute Gasteiger partial charge is 0.493 e. The molecule has 0 unspecified atom stereocenters. The van der Waals surface area contributed by atoms with Gasteiger partial charge in [0.15, 0.2) is 5.65 Å². The number of nitrogens with zero attached hydrogens (tertiary/aromatic N) is 3. The molecule has 0 saturated heterocycles. The minimum Gasteiger partial charge on any atom is -0.493 e. The van der Waals surface area contributed by atoms with Crippen molar-refractivity contribution in [3.05, 3.63) is 89.6 Å². The first kappa shape index (κ1) is 19.6. The summed E-state index contributed by atoms with van der Waals surface area (Å²) in [4.78, 5) is 21.8. The van der Waals surface area contributed by atoms with Gasteiger partial charge in [0, 0.05) is 6.20 Å². The molecule has 0 atom stereocenters. The monoisotopic (exact) mass is 404 g/mol. The fourth-order valence-electron chi connectivity index (χ4n) is 3.27. The molecule has 0 spiro atoms. The van der Waals surface area contributed by atoms with Crippen molar-refractivity contribution in [1.29, 1.82) is 0 Å². The number of hydrogen-bond donors (Lipinski definition) is 1. The maximum atomic E-state index is 13.3. The van der Waals surface area contributed by atoms with Crippen LogP contribution in [0, 0.1) is 5.82 Å². The van der Waals surface area contributed by atoms with Crippen LogP contribution in [0.1, 0.15) is 28.7 Å². The highest BCUT2D eigenvalue weighted by molar-refractivity contribution is 5.96. The van der Waals surface area contributed by atoms with Gasteiger partial charge >= 0.3 is 0 Å². The van der Waals surface area contributed by atoms with Gasteiger partial charge in [-0.3, -0.25) is 4.79 Å². The van der Waals surface area contributed by atoms with Crippen LogP contribution in [0.15, 0.2) is 66.9 Å². The first-order chi connectivity index (χ1) is 14.7. The van der Waals surface area contributed by atoms with Crippen LogP contribution in [-0.4, -0.2) is 27.0 Å². The average Bonchev–Trinajstić information content (AvgIpc) is 3.11. The second-order valence-corrected chi connectivity index (χ2v) is 6.70. The number of carbonyl (C=O) groups excluding carboxylic acids is 1. The van der Waals surface area contributed by atoms with E-state index in [1.54, 1.807) is 36.5 Å². The van der Waals surface area contributed by atoms with Crippen LogP contribution in [0.3, 0.4) is 0 Å². The Morgan fingerprint density at radius 2 is 1.90 bits per heavy atom. The molecule has 6 nitrogen and oxygen atoms in total. The first-order valence-corrected chi connectivity index (χ1v) is 9.70. The summed E-state index contributed by atoms with van der Waals surface area (Å²) in [5.41, 5.74) is 2.83. The van der Waals surface area contributed by atoms with E-state index in [-0.39, 0.29) is 18.3 Å². The number of hydrogen-bond acceptors (Lipinski definition) is 4. The number of pyridine rings is 1. The predicted octanol–water partition coefficient (Wildman–Crippen LogP) is 3.95. The van der Waals surface area contributed by atoms with Crippen molar-refractivity contribution in [2.75, 3.05) is 6.61 Å². The Morgan fingerprint density at radius 3 is 2.70 bits per heavy atom. The summed E-state index contributed by atoms with van der Waals surface area (Å²) in [6.45, 7) is 3.04. The van der Waals surface area contributed by atoms with Gasteiger partial charge in [0.05, 0.1) is 25.3 Å². The smallest absolute Gasteiger partial charge is 0.255 e. The highest BCUT2D eigenvalue weighted by atomic mass is 19.1. The highest BCUT2D eigenvalue weighted by Gasteiger charge is 2.16. The van der Waals surface area contributed by atoms with Crippen LogP contribution in [0.5, 0.6) is 5.75 Å². The molecule has 1 N–H and O–H groups in total. The van der Waals surface area contributed by atoms with Crippen molar-refractivity contribution in [2.24, 2.45) is 0 Å². The summed E-state index contributed by atoms with van der Waals surface area (Å²) in [7, 11) is 0. The zero-order chi connectivity index (χ0) is 20.9. The van der Waals surface area contributed by atoms with E-state index < -0.39 is 0 Å². The van der Waals surface area contributed by atoms with Gasteiger partial charge in [0.1, 0.15) is 22.9 Å². The number of halogens is 1. The fraction of sp³-hybridized carbons (Fsp3) is 0.174. The number of amides is 1. The van der Waals surface area contributed by atoms with Crippen molar-refractivity contribution in [2.45, 2.75) is 20.0 Å². The van der Waals surface area contributed by atoms with Gasteiger partial charge in [0.2, 0.25) is 0 Å². The lowest BCUT2D eigenvalue weighted by atomic mass is 10.2. The minimum atomic E-state index is -0.284. The zero-order valence-corrected chi connectivity index (χ0v) is 16.5. The van der Waals surface area contributed by atoms with Crippen LogP contribution < -0.4 is 10.1 Å². The van der Waals surface area contributed by atoms with Crippen LogP contribution >= 0.6 is 0 Å². The molecule has 4 aromatic rings. The van der Waals surface area contributed by atoms with Crippen LogP contribution in [-0.2, 0) is 13.1 Å². The standard InChI is InChI=1S/C23H21FN4O2/c1-2-30-20-8-4-3-6-18(20)23(29)26-14-21-27-19-7-5-13-25-22(19)28(21)15-16-9-11-17(24)12-10-16/h3-13H,2,14-15H2,1H3,(H,26,29). The molecule has 7 heteroatoms. The van der Waals surface area contributed by atoms with Crippen molar-refractivity contribution < 1.29 is 13.9 Å². The van der Waals surface area contributed by atoms with E-state index in [4.69, 9.17) is 4.74 Å². The lowest BCUT2D eigenvalue weighted by Crippen LogP contribution is -2.25. The van der Waals surface area contributed by atoms with Gasteiger partial charge in [-0.05, 0) is 48.9 Å². The van der Waals surface area contributed by atoms with E-state index in [9.17, 15) is 9.18 Å². The quantitative estimate of drug-likeness (QED) is 0.506. The molecule has 4 rings (SSSR count). The summed E-state index contributed by atoms with van der Waals surface area (Å²) in [5.74, 6) is 0.675. The molecular weight excluding hydrogens is 383 g/mol. The van der Waals surface area contributed by atoms with Crippen molar-refractivity contribution >= 4 is 17.1 Å². The number of carbonyl (C=O) groups is 1. The summed E-state index contributed by atoms with van der Waals surface area (Å²) in [5, 5.41) is 2.92. The zero-order valence-electron chi connectivity index (χ0n) is 16.5. The normalized spacial score (nSPS) is 10.9. The molecule has 1 amide bonds. The number of nitrogens with one attached hydrogen (secondary N) is 1. The molecule has 2 aromatic heterocycles. The summed E-state index contributed by atoms with van der Waals surface area (Å²) in [6, 6.07) is 17.1. The lowest BCUT2D eigenvalue weighted by molar-refractivity contribution is 0.0945. The van der Waals surface area contributed by atoms with E-state index >= 15 is 0 Å². The summed E-state index contributed by atoms with van der Waals surface area (Å²) in [6.07, 6.45) is 1.70. The molecule has 0 aliphatic heterocycles. The van der Waals surface area contributed by atoms with E-state index in [0.717, 1.165) is 11.1 Å². The maximum Gasteiger partial charge on any atom is 0.255 e. The Hall–Kier alpha value is -3.74. The molecule has 0 saturated carbocycles. The Balaban J connectivity index is 1.60. The van der Waals surface area contributed by atoms with Crippen molar-refractivity contribution in [1.82, 2.24) is 19.9 Å². The molecule has 152 valence electrons. The maximum absolute atomic E-state index is 13.3. The van der Waals surface area contributed by atoms with Gasteiger partial charge < -0.3 is 14.6 Å². The molecule has 0 fully saturated rings. The van der Waals surface area contributed by atoms with Crippen molar-refractivity contribution in [3.63, 3.8) is 0 Å². The molecule has 0 bridgehead atoms. The number of ether oxygens (including phenoxy) is 1. The molecular formula is C23H21FN4O2. The number of para-hydroxylation sites is 1. The van der Waals surface area contributed by atoms with Crippen LogP contribution in [0.25, 0.3) is 11.2 Å². The van der Waals surface area contributed by atoms with Crippen LogP contribution in [0.4, 0.5) is 4.39 Å². The van der Waals surface area contributed by atoms with Crippen molar-refractivity contribution in [3.8, 4) is 5.75 Å². The SMILES string of the molecule is CCOc1ccccc1C(=O)NCc1nc2cccnc2n1Cc1ccc(F)cc1. The molecule has 2 heterocycles. The fourth-order valence-corrected chi connectivity index (χ4v) is 3.27. The van der Waals surface area contributed by atoms with E-state index in [2.05, 4.69) is 15.3 Å². The number of fused-ring (bicyclic) bond motifs is 1. The average molecular weight is 404 g/mol. The molecule has 0 aliphatic rings. The topological polar surface area (TPSA) is 69.0 Å². The lowest BCUT2D eigenvalue weighted by Gasteiger charge is -2.12. The third-order valence-corrected chi connectivity index (χ3v) is 4.68. The van der Waals surface area contributed by atoms with Gasteiger partial charge in [0.25, 0.3) is 5.91 Å². The van der Waals surface area contributed by atoms with Gasteiger partial charge in [-0.1, -0.05) is 24.3 Å². The number of aromatic nitrogens is 3. The molecule has 0 radical (unpaired) electrons. The summed E-state index contributed by atoms with van der Waals surface area (Å²) < 4.78 is 20.7.